The predicted molar refractivity (Wildman–Crippen MR) is 121 cm³/mol. The average molecular weight is 514 g/mol. The third-order valence-corrected chi connectivity index (χ3v) is 6.63. The van der Waals surface area contributed by atoms with E-state index in [4.69, 9.17) is 9.84 Å². The number of hydrogen-bond donors (Lipinski definition) is 4. The molecule has 160 valence electrons. The number of hydrogen-bond acceptors (Lipinski definition) is 5. The molecule has 3 atom stereocenters. The number of carbonyl (C=O) groups is 1. The zero-order valence-corrected chi connectivity index (χ0v) is 18.8. The number of ether oxygens (including phenoxy) is 1. The lowest BCUT2D eigenvalue weighted by Crippen LogP contribution is -2.52. The van der Waals surface area contributed by atoms with Gasteiger partial charge in [-0.15, -0.1) is 0 Å². The van der Waals surface area contributed by atoms with Crippen LogP contribution in [0.1, 0.15) is 38.5 Å². The van der Waals surface area contributed by atoms with E-state index in [0.717, 1.165) is 10.1 Å². The molecular weight excluding hydrogens is 483 g/mol. The maximum absolute atomic E-state index is 12.5. The van der Waals surface area contributed by atoms with E-state index in [9.17, 15) is 9.90 Å². The zero-order chi connectivity index (χ0) is 20.6. The summed E-state index contributed by atoms with van der Waals surface area (Å²) in [5.74, 6) is 1.10. The van der Waals surface area contributed by atoms with Crippen LogP contribution in [0.5, 0.6) is 5.75 Å². The SMILES string of the molecule is O=C(NCCO)C1=C[C@H](Oc2ccccc2I)[C@@H](O)[C@H](NCC2CCCCC2)C1. The van der Waals surface area contributed by atoms with Gasteiger partial charge >= 0.3 is 0 Å². The maximum Gasteiger partial charge on any atom is 0.247 e. The summed E-state index contributed by atoms with van der Waals surface area (Å²) in [6.45, 7) is 0.955. The molecule has 2 aliphatic rings. The van der Waals surface area contributed by atoms with Gasteiger partial charge in [0.1, 0.15) is 18.0 Å². The number of aliphatic hydroxyl groups excluding tert-OH is 2. The van der Waals surface area contributed by atoms with Crippen LogP contribution in [0.4, 0.5) is 0 Å². The third kappa shape index (κ3) is 6.41. The van der Waals surface area contributed by atoms with Crippen molar-refractivity contribution in [1.82, 2.24) is 10.6 Å². The molecule has 0 spiro atoms. The van der Waals surface area contributed by atoms with Crippen molar-refractivity contribution in [3.05, 3.63) is 39.5 Å². The Bertz CT molecular complexity index is 706. The van der Waals surface area contributed by atoms with Crippen LogP contribution in [0.15, 0.2) is 35.9 Å². The summed E-state index contributed by atoms with van der Waals surface area (Å²) in [7, 11) is 0. The minimum absolute atomic E-state index is 0.104. The monoisotopic (exact) mass is 514 g/mol. The first-order valence-electron chi connectivity index (χ1n) is 10.5. The van der Waals surface area contributed by atoms with E-state index in [1.807, 2.05) is 24.3 Å². The van der Waals surface area contributed by atoms with Gasteiger partial charge in [-0.1, -0.05) is 31.4 Å². The Morgan fingerprint density at radius 3 is 2.69 bits per heavy atom. The second kappa shape index (κ2) is 11.3. The van der Waals surface area contributed by atoms with Gasteiger partial charge in [-0.3, -0.25) is 4.79 Å². The smallest absolute Gasteiger partial charge is 0.247 e. The summed E-state index contributed by atoms with van der Waals surface area (Å²) >= 11 is 2.20. The summed E-state index contributed by atoms with van der Waals surface area (Å²) in [5, 5.41) is 26.2. The Morgan fingerprint density at radius 1 is 1.21 bits per heavy atom. The Morgan fingerprint density at radius 2 is 1.97 bits per heavy atom. The topological polar surface area (TPSA) is 90.8 Å². The number of aliphatic hydroxyl groups is 2. The number of benzene rings is 1. The molecule has 0 aromatic heterocycles. The van der Waals surface area contributed by atoms with Gasteiger partial charge in [-0.05, 0) is 72.5 Å². The minimum Gasteiger partial charge on any atom is -0.482 e. The molecule has 0 radical (unpaired) electrons. The number of carbonyl (C=O) groups excluding carboxylic acids is 1. The highest BCUT2D eigenvalue weighted by Crippen LogP contribution is 2.28. The van der Waals surface area contributed by atoms with Gasteiger partial charge in [0, 0.05) is 18.2 Å². The van der Waals surface area contributed by atoms with Crippen molar-refractivity contribution in [1.29, 1.82) is 0 Å². The molecule has 7 heteroatoms. The van der Waals surface area contributed by atoms with Crippen molar-refractivity contribution in [2.75, 3.05) is 19.7 Å². The molecule has 0 saturated heterocycles. The molecule has 1 fully saturated rings. The molecule has 6 nitrogen and oxygen atoms in total. The largest absolute Gasteiger partial charge is 0.482 e. The van der Waals surface area contributed by atoms with Gasteiger partial charge in [-0.2, -0.15) is 0 Å². The van der Waals surface area contributed by atoms with Crippen LogP contribution in [0.3, 0.4) is 0 Å². The molecule has 4 N–H and O–H groups in total. The van der Waals surface area contributed by atoms with E-state index in [1.165, 1.54) is 32.1 Å². The van der Waals surface area contributed by atoms with Crippen LogP contribution in [-0.4, -0.2) is 54.1 Å². The highest BCUT2D eigenvalue weighted by molar-refractivity contribution is 14.1. The zero-order valence-electron chi connectivity index (χ0n) is 16.6. The predicted octanol–water partition coefficient (Wildman–Crippen LogP) is 2.38. The van der Waals surface area contributed by atoms with Crippen molar-refractivity contribution in [3.8, 4) is 5.75 Å². The van der Waals surface area contributed by atoms with Gasteiger partial charge in [0.25, 0.3) is 0 Å². The van der Waals surface area contributed by atoms with Gasteiger partial charge < -0.3 is 25.6 Å². The highest BCUT2D eigenvalue weighted by atomic mass is 127. The van der Waals surface area contributed by atoms with Gasteiger partial charge in [0.15, 0.2) is 0 Å². The summed E-state index contributed by atoms with van der Waals surface area (Å²) in [5.41, 5.74) is 0.584. The first-order valence-corrected chi connectivity index (χ1v) is 11.6. The van der Waals surface area contributed by atoms with E-state index >= 15 is 0 Å². The normalized spacial score (nSPS) is 25.3. The fourth-order valence-corrected chi connectivity index (χ4v) is 4.61. The van der Waals surface area contributed by atoms with Crippen molar-refractivity contribution < 1.29 is 19.7 Å². The summed E-state index contributed by atoms with van der Waals surface area (Å²) in [4.78, 5) is 12.5. The quantitative estimate of drug-likeness (QED) is 0.400. The molecule has 0 unspecified atom stereocenters. The molecule has 1 aromatic carbocycles. The van der Waals surface area contributed by atoms with Crippen LogP contribution < -0.4 is 15.4 Å². The average Bonchev–Trinajstić information content (AvgIpc) is 2.74. The number of rotatable bonds is 8. The molecule has 0 bridgehead atoms. The lowest BCUT2D eigenvalue weighted by Gasteiger charge is -2.35. The molecule has 0 aliphatic heterocycles. The van der Waals surface area contributed by atoms with E-state index in [0.29, 0.717) is 23.7 Å². The molecule has 0 heterocycles. The Balaban J connectivity index is 1.72. The number of nitrogens with one attached hydrogen (secondary N) is 2. The van der Waals surface area contributed by atoms with Crippen molar-refractivity contribution in [2.45, 2.75) is 56.8 Å². The highest BCUT2D eigenvalue weighted by Gasteiger charge is 2.35. The van der Waals surface area contributed by atoms with E-state index in [1.54, 1.807) is 6.08 Å². The standard InChI is InChI=1S/C22H31IN2O4/c23-17-8-4-5-9-19(17)29-20-13-16(22(28)24-10-11-26)12-18(21(20)27)25-14-15-6-2-1-3-7-15/h4-5,8-9,13,15,18,20-21,25-27H,1-3,6-7,10-12,14H2,(H,24,28)/t18-,20+,21+/m1/s1. The molecule has 2 aliphatic carbocycles. The van der Waals surface area contributed by atoms with Crippen molar-refractivity contribution >= 4 is 28.5 Å². The Labute approximate surface area is 186 Å². The first-order chi connectivity index (χ1) is 14.1. The third-order valence-electron chi connectivity index (χ3n) is 5.74. The van der Waals surface area contributed by atoms with E-state index < -0.39 is 12.2 Å². The summed E-state index contributed by atoms with van der Waals surface area (Å²) in [6.07, 6.45) is 7.10. The fraction of sp³-hybridized carbons (Fsp3) is 0.591. The van der Waals surface area contributed by atoms with Gasteiger partial charge in [-0.25, -0.2) is 0 Å². The van der Waals surface area contributed by atoms with Crippen molar-refractivity contribution in [2.24, 2.45) is 5.92 Å². The van der Waals surface area contributed by atoms with E-state index in [-0.39, 0.29) is 25.1 Å². The Hall–Kier alpha value is -1.16. The van der Waals surface area contributed by atoms with Gasteiger partial charge in [0.2, 0.25) is 5.91 Å². The van der Waals surface area contributed by atoms with Crippen LogP contribution in [0.2, 0.25) is 0 Å². The number of amides is 1. The second-order valence-electron chi connectivity index (χ2n) is 7.90. The Kier molecular flexibility index (Phi) is 8.77. The summed E-state index contributed by atoms with van der Waals surface area (Å²) < 4.78 is 7.06. The lowest BCUT2D eigenvalue weighted by atomic mass is 9.86. The summed E-state index contributed by atoms with van der Waals surface area (Å²) in [6, 6.07) is 7.40. The van der Waals surface area contributed by atoms with Crippen LogP contribution in [-0.2, 0) is 4.79 Å². The molecule has 1 saturated carbocycles. The van der Waals surface area contributed by atoms with Crippen molar-refractivity contribution in [3.63, 3.8) is 0 Å². The number of halogens is 1. The van der Waals surface area contributed by atoms with Crippen LogP contribution in [0, 0.1) is 9.49 Å². The molecule has 1 aromatic rings. The first kappa shape index (κ1) is 22.5. The van der Waals surface area contributed by atoms with Crippen LogP contribution >= 0.6 is 22.6 Å². The molecule has 1 amide bonds. The second-order valence-corrected chi connectivity index (χ2v) is 9.06. The van der Waals surface area contributed by atoms with Gasteiger partial charge in [0.05, 0.1) is 10.2 Å². The van der Waals surface area contributed by atoms with E-state index in [2.05, 4.69) is 33.2 Å². The van der Waals surface area contributed by atoms with Crippen LogP contribution in [0.25, 0.3) is 0 Å². The lowest BCUT2D eigenvalue weighted by molar-refractivity contribution is -0.118. The molecule has 3 rings (SSSR count). The number of para-hydroxylation sites is 1. The maximum atomic E-state index is 12.5. The minimum atomic E-state index is -0.746. The fourth-order valence-electron chi connectivity index (χ4n) is 4.10. The molecular formula is C22H31IN2O4. The molecule has 29 heavy (non-hydrogen) atoms.